The van der Waals surface area contributed by atoms with Crippen LogP contribution in [0, 0.1) is 5.92 Å². The van der Waals surface area contributed by atoms with Crippen molar-refractivity contribution in [3.05, 3.63) is 0 Å². The van der Waals surface area contributed by atoms with Crippen LogP contribution in [-0.2, 0) is 9.47 Å². The minimum atomic E-state index is -6.20. The van der Waals surface area contributed by atoms with E-state index in [1.165, 1.54) is 12.8 Å². The van der Waals surface area contributed by atoms with Crippen molar-refractivity contribution in [2.75, 3.05) is 20.7 Å². The second-order valence-electron chi connectivity index (χ2n) is 6.85. The first-order valence-corrected chi connectivity index (χ1v) is 10.3. The Morgan fingerprint density at radius 2 is 0.951 bits per heavy atom. The van der Waals surface area contributed by atoms with Crippen molar-refractivity contribution in [1.29, 1.82) is 0 Å². The zero-order valence-electron chi connectivity index (χ0n) is 21.3. The van der Waals surface area contributed by atoms with Crippen LogP contribution in [0.3, 0.4) is 0 Å². The SMILES string of the molecule is C.C.CC(F)(F)C(F)(F)OCF.CCC.CCC.CF.FCC(F)(F)OC(F)(F)C(CC(F)C(F)(F)F)C(F)(F)F. The number of hydrogen-bond donors (Lipinski definition) is 0. The van der Waals surface area contributed by atoms with Crippen molar-refractivity contribution in [3.63, 3.8) is 0 Å². The van der Waals surface area contributed by atoms with Gasteiger partial charge < -0.3 is 0 Å². The molecule has 0 aliphatic rings. The third-order valence-electron chi connectivity index (χ3n) is 2.79. The number of rotatable bonds is 9. The Hall–Kier alpha value is -1.34. The summed E-state index contributed by atoms with van der Waals surface area (Å²) in [5.74, 6) is -8.89. The highest BCUT2D eigenvalue weighted by atomic mass is 19.4. The standard InChI is InChI=1S/C8H6F12O.C4H5F5O.2C3H8.CH3F.2CH4/c9-2-5(11,12)21-8(19,20)3(6(13,14)15)1-4(10)7(16,17)18;1-3(6,7)4(8,9)10-2-5;2*1-3-2;1-2;;/h3-4H,1-2H2;2H2,1H3;2*3H2,1-2H3;1H3;2*1H4. The van der Waals surface area contributed by atoms with Crippen molar-refractivity contribution < 1.29 is 88.5 Å². The summed E-state index contributed by atoms with van der Waals surface area (Å²) in [4.78, 5) is 0. The van der Waals surface area contributed by atoms with Crippen LogP contribution in [0.5, 0.6) is 0 Å². The lowest BCUT2D eigenvalue weighted by molar-refractivity contribution is -0.421. The van der Waals surface area contributed by atoms with Gasteiger partial charge in [-0.25, -0.2) is 13.2 Å². The minimum Gasteiger partial charge on any atom is -0.284 e. The molecule has 0 N–H and O–H groups in total. The second-order valence-corrected chi connectivity index (χ2v) is 6.85. The molecule has 0 spiro atoms. The Bertz CT molecular complexity index is 558. The lowest BCUT2D eigenvalue weighted by Gasteiger charge is -2.31. The molecule has 0 aromatic heterocycles. The fourth-order valence-corrected chi connectivity index (χ4v) is 1.29. The monoisotopic (exact) mass is 664 g/mol. The van der Waals surface area contributed by atoms with Gasteiger partial charge in [0, 0.05) is 13.3 Å². The van der Waals surface area contributed by atoms with Gasteiger partial charge in [-0.3, -0.25) is 13.9 Å². The van der Waals surface area contributed by atoms with Gasteiger partial charge in [0.2, 0.25) is 0 Å². The zero-order valence-corrected chi connectivity index (χ0v) is 21.3. The van der Waals surface area contributed by atoms with Gasteiger partial charge in [-0.15, -0.1) is 0 Å². The summed E-state index contributed by atoms with van der Waals surface area (Å²) < 4.78 is 218. The molecule has 20 heteroatoms. The Labute approximate surface area is 227 Å². The summed E-state index contributed by atoms with van der Waals surface area (Å²) in [6.07, 6.45) is -33.0. The predicted molar refractivity (Wildman–Crippen MR) is 117 cm³/mol. The van der Waals surface area contributed by atoms with Gasteiger partial charge in [0.25, 0.3) is 0 Å². The van der Waals surface area contributed by atoms with Crippen LogP contribution in [0.25, 0.3) is 0 Å². The summed E-state index contributed by atoms with van der Waals surface area (Å²) in [5.41, 5.74) is 0. The first-order chi connectivity index (χ1) is 17.2. The maximum Gasteiger partial charge on any atom is 0.421 e. The van der Waals surface area contributed by atoms with Crippen LogP contribution in [0.2, 0.25) is 0 Å². The smallest absolute Gasteiger partial charge is 0.284 e. The molecule has 0 saturated heterocycles. The molecule has 0 aromatic rings. The van der Waals surface area contributed by atoms with Crippen molar-refractivity contribution in [2.45, 2.75) is 112 Å². The molecule has 0 saturated carbocycles. The number of hydrogen-bond acceptors (Lipinski definition) is 2. The molecule has 0 aromatic carbocycles. The lowest BCUT2D eigenvalue weighted by atomic mass is 10.00. The molecule has 0 heterocycles. The van der Waals surface area contributed by atoms with E-state index >= 15 is 0 Å². The Kier molecular flexibility index (Phi) is 32.7. The van der Waals surface area contributed by atoms with E-state index in [2.05, 4.69) is 37.2 Å². The molecule has 2 atom stereocenters. The highest BCUT2D eigenvalue weighted by Gasteiger charge is 2.62. The lowest BCUT2D eigenvalue weighted by Crippen LogP contribution is -2.48. The van der Waals surface area contributed by atoms with Crippen LogP contribution < -0.4 is 0 Å². The molecule has 0 bridgehead atoms. The van der Waals surface area contributed by atoms with E-state index in [1.54, 1.807) is 0 Å². The fourth-order valence-electron chi connectivity index (χ4n) is 1.29. The van der Waals surface area contributed by atoms with Gasteiger partial charge in [-0.2, -0.15) is 61.5 Å². The Morgan fingerprint density at radius 1 is 0.634 bits per heavy atom. The fraction of sp³-hybridized carbons (Fsp3) is 1.00. The molecule has 0 rings (SSSR count). The summed E-state index contributed by atoms with van der Waals surface area (Å²) in [6.45, 7) is 3.56. The van der Waals surface area contributed by atoms with E-state index in [-0.39, 0.29) is 21.8 Å². The molecule has 0 radical (unpaired) electrons. The van der Waals surface area contributed by atoms with Gasteiger partial charge in [-0.05, 0) is 0 Å². The molecular weight excluding hydrogens is 626 g/mol. The van der Waals surface area contributed by atoms with Crippen LogP contribution in [-0.4, -0.2) is 63.5 Å². The summed E-state index contributed by atoms with van der Waals surface area (Å²) in [6, 6.07) is 0. The number of alkyl halides is 18. The summed E-state index contributed by atoms with van der Waals surface area (Å²) in [5, 5.41) is 0. The average molecular weight is 664 g/mol. The molecular formula is C21H38F18O2. The normalized spacial score (nSPS) is 13.5. The van der Waals surface area contributed by atoms with Gasteiger partial charge >= 0.3 is 36.6 Å². The maximum atomic E-state index is 12.9. The molecule has 2 nitrogen and oxygen atoms in total. The van der Waals surface area contributed by atoms with Crippen molar-refractivity contribution >= 4 is 0 Å². The third-order valence-corrected chi connectivity index (χ3v) is 2.79. The predicted octanol–water partition coefficient (Wildman–Crippen LogP) is 11.5. The van der Waals surface area contributed by atoms with E-state index < -0.39 is 68.6 Å². The summed E-state index contributed by atoms with van der Waals surface area (Å²) in [7, 11) is 0.500. The van der Waals surface area contributed by atoms with E-state index in [4.69, 9.17) is 0 Å². The van der Waals surface area contributed by atoms with Crippen molar-refractivity contribution in [1.82, 2.24) is 0 Å². The van der Waals surface area contributed by atoms with E-state index in [0.717, 1.165) is 0 Å². The minimum absolute atomic E-state index is 0. The topological polar surface area (TPSA) is 18.5 Å². The first-order valence-electron chi connectivity index (χ1n) is 10.3. The van der Waals surface area contributed by atoms with Gasteiger partial charge in [0.05, 0.1) is 7.18 Å². The molecule has 0 amide bonds. The molecule has 0 aliphatic carbocycles. The highest BCUT2D eigenvalue weighted by molar-refractivity contribution is 4.82. The Morgan fingerprint density at radius 3 is 1.12 bits per heavy atom. The van der Waals surface area contributed by atoms with Crippen LogP contribution in [0.1, 0.15) is 68.7 Å². The zero-order chi connectivity index (χ0) is 33.1. The maximum absolute atomic E-state index is 12.9. The Balaban J connectivity index is -0.0000000966. The summed E-state index contributed by atoms with van der Waals surface area (Å²) >= 11 is 0. The van der Waals surface area contributed by atoms with E-state index in [1.807, 2.05) is 0 Å². The van der Waals surface area contributed by atoms with Gasteiger partial charge in [-0.1, -0.05) is 55.4 Å². The molecule has 260 valence electrons. The molecule has 0 fully saturated rings. The quantitative estimate of drug-likeness (QED) is 0.229. The average Bonchev–Trinajstić information content (AvgIpc) is 2.71. The van der Waals surface area contributed by atoms with Crippen LogP contribution in [0.4, 0.5) is 79.0 Å². The number of halogens is 18. The van der Waals surface area contributed by atoms with E-state index in [0.29, 0.717) is 7.18 Å². The highest BCUT2D eigenvalue weighted by Crippen LogP contribution is 2.46. The second kappa shape index (κ2) is 24.1. The third kappa shape index (κ3) is 28.5. The van der Waals surface area contributed by atoms with Crippen molar-refractivity contribution in [2.24, 2.45) is 5.92 Å². The molecule has 2 unspecified atom stereocenters. The van der Waals surface area contributed by atoms with Gasteiger partial charge in [0.15, 0.2) is 19.7 Å². The van der Waals surface area contributed by atoms with Gasteiger partial charge in [0.1, 0.15) is 5.92 Å². The molecule has 0 aliphatic heterocycles. The van der Waals surface area contributed by atoms with Crippen LogP contribution >= 0.6 is 0 Å². The first kappa shape index (κ1) is 55.6. The van der Waals surface area contributed by atoms with Crippen LogP contribution in [0.15, 0.2) is 0 Å². The van der Waals surface area contributed by atoms with E-state index in [9.17, 15) is 79.0 Å². The molecule has 41 heavy (non-hydrogen) atoms. The van der Waals surface area contributed by atoms with Crippen molar-refractivity contribution in [3.8, 4) is 0 Å². The largest absolute Gasteiger partial charge is 0.421 e. The number of ether oxygens (including phenoxy) is 2.